The Labute approximate surface area is 187 Å². The third kappa shape index (κ3) is 3.53. The molecule has 0 aliphatic heterocycles. The summed E-state index contributed by atoms with van der Waals surface area (Å²) in [7, 11) is 3.79. The summed E-state index contributed by atoms with van der Waals surface area (Å²) >= 11 is 2.93. The Morgan fingerprint density at radius 3 is 2.13 bits per heavy atom. The molecule has 0 atom stereocenters. The summed E-state index contributed by atoms with van der Waals surface area (Å²) in [5.41, 5.74) is 1.86. The lowest BCUT2D eigenvalue weighted by molar-refractivity contribution is 0.0741. The van der Waals surface area contributed by atoms with Crippen molar-refractivity contribution in [3.8, 4) is 0 Å². The number of aromatic nitrogens is 4. The topological polar surface area (TPSA) is 85.1 Å². The van der Waals surface area contributed by atoms with Crippen molar-refractivity contribution in [2.45, 2.75) is 32.7 Å². The van der Waals surface area contributed by atoms with Gasteiger partial charge in [0.25, 0.3) is 11.8 Å². The molecule has 8 nitrogen and oxygen atoms in total. The van der Waals surface area contributed by atoms with Crippen LogP contribution >= 0.6 is 22.7 Å². The molecule has 1 aliphatic rings. The number of fused-ring (bicyclic) bond motifs is 2. The molecule has 31 heavy (non-hydrogen) atoms. The Morgan fingerprint density at radius 1 is 1.03 bits per heavy atom. The molecule has 0 radical (unpaired) electrons. The minimum absolute atomic E-state index is 0.0425. The van der Waals surface area contributed by atoms with Gasteiger partial charge in [0.1, 0.15) is 9.66 Å². The summed E-state index contributed by atoms with van der Waals surface area (Å²) < 4.78 is 3.64. The van der Waals surface area contributed by atoms with Crippen molar-refractivity contribution in [3.05, 3.63) is 33.3 Å². The fraction of sp³-hybridized carbons (Fsp3) is 0.429. The van der Waals surface area contributed by atoms with Crippen LogP contribution in [-0.4, -0.2) is 55.4 Å². The van der Waals surface area contributed by atoms with Crippen molar-refractivity contribution in [1.82, 2.24) is 29.8 Å². The molecule has 0 spiro atoms. The van der Waals surface area contributed by atoms with Gasteiger partial charge in [-0.05, 0) is 38.8 Å². The maximum Gasteiger partial charge on any atom is 0.264 e. The first-order valence-electron chi connectivity index (χ1n) is 10.3. The van der Waals surface area contributed by atoms with Gasteiger partial charge in [0.05, 0.1) is 21.1 Å². The lowest BCUT2D eigenvalue weighted by Crippen LogP contribution is -2.39. The van der Waals surface area contributed by atoms with Crippen LogP contribution in [0, 0.1) is 13.8 Å². The molecule has 4 aromatic rings. The van der Waals surface area contributed by atoms with Gasteiger partial charge in [-0.25, -0.2) is 0 Å². The first-order chi connectivity index (χ1) is 14.8. The van der Waals surface area contributed by atoms with Crippen LogP contribution in [0.15, 0.2) is 12.1 Å². The highest BCUT2D eigenvalue weighted by Crippen LogP contribution is 2.33. The molecule has 1 N–H and O–H groups in total. The van der Waals surface area contributed by atoms with E-state index in [1.807, 2.05) is 54.3 Å². The van der Waals surface area contributed by atoms with Crippen LogP contribution in [0.4, 0.5) is 0 Å². The second kappa shape index (κ2) is 7.45. The second-order valence-electron chi connectivity index (χ2n) is 8.06. The fourth-order valence-corrected chi connectivity index (χ4v) is 6.10. The van der Waals surface area contributed by atoms with Crippen molar-refractivity contribution in [2.24, 2.45) is 14.1 Å². The van der Waals surface area contributed by atoms with E-state index in [0.717, 1.165) is 49.5 Å². The molecular weight excluding hydrogens is 432 g/mol. The van der Waals surface area contributed by atoms with E-state index in [0.29, 0.717) is 18.0 Å². The van der Waals surface area contributed by atoms with Crippen molar-refractivity contribution >= 4 is 54.9 Å². The molecule has 1 aliphatic carbocycles. The zero-order valence-electron chi connectivity index (χ0n) is 17.9. The minimum atomic E-state index is -0.104. The monoisotopic (exact) mass is 456 g/mol. The molecule has 1 saturated carbocycles. The summed E-state index contributed by atoms with van der Waals surface area (Å²) in [6, 6.07) is 4.12. The molecule has 0 unspecified atom stereocenters. The Morgan fingerprint density at radius 2 is 1.58 bits per heavy atom. The molecule has 0 bridgehead atoms. The summed E-state index contributed by atoms with van der Waals surface area (Å²) in [6.07, 6.45) is 2.04. The van der Waals surface area contributed by atoms with Gasteiger partial charge in [-0.2, -0.15) is 10.2 Å². The standard InChI is InChI=1S/C21H24N6O2S2/c1-11-14-9-16(30-20(14)25(3)23-11)18(28)22-7-8-27(13-5-6-13)19(29)17-10-15-12(2)24-26(4)21(15)31-17/h9-10,13H,5-8H2,1-4H3,(H,22,28). The van der Waals surface area contributed by atoms with Crippen molar-refractivity contribution in [3.63, 3.8) is 0 Å². The van der Waals surface area contributed by atoms with E-state index in [2.05, 4.69) is 15.5 Å². The van der Waals surface area contributed by atoms with Gasteiger partial charge >= 0.3 is 0 Å². The lowest BCUT2D eigenvalue weighted by atomic mass is 10.3. The second-order valence-corrected chi connectivity index (χ2v) is 10.1. The van der Waals surface area contributed by atoms with E-state index < -0.39 is 0 Å². The molecule has 2 amide bonds. The molecule has 0 saturated heterocycles. The van der Waals surface area contributed by atoms with E-state index >= 15 is 0 Å². The normalized spacial score (nSPS) is 13.9. The molecule has 162 valence electrons. The molecule has 1 fully saturated rings. The number of rotatable bonds is 6. The summed E-state index contributed by atoms with van der Waals surface area (Å²) in [4.78, 5) is 31.2. The molecule has 5 rings (SSSR count). The average Bonchev–Trinajstić information content (AvgIpc) is 3.10. The number of carbonyl (C=O) groups excluding carboxylic acids is 2. The van der Waals surface area contributed by atoms with E-state index in [-0.39, 0.29) is 17.9 Å². The number of hydrogen-bond donors (Lipinski definition) is 1. The van der Waals surface area contributed by atoms with Crippen LogP contribution in [0.3, 0.4) is 0 Å². The van der Waals surface area contributed by atoms with Gasteiger partial charge in [-0.3, -0.25) is 19.0 Å². The van der Waals surface area contributed by atoms with Gasteiger partial charge in [-0.15, -0.1) is 22.7 Å². The van der Waals surface area contributed by atoms with Gasteiger partial charge in [0.2, 0.25) is 0 Å². The first-order valence-corrected chi connectivity index (χ1v) is 11.9. The fourth-order valence-electron chi connectivity index (χ4n) is 3.98. The summed E-state index contributed by atoms with van der Waals surface area (Å²) in [6.45, 7) is 4.84. The number of nitrogens with one attached hydrogen (secondary N) is 1. The largest absolute Gasteiger partial charge is 0.350 e. The molecule has 4 aromatic heterocycles. The van der Waals surface area contributed by atoms with Gasteiger partial charge in [0.15, 0.2) is 0 Å². The Hall–Kier alpha value is -2.72. The van der Waals surface area contributed by atoms with Crippen LogP contribution in [-0.2, 0) is 14.1 Å². The summed E-state index contributed by atoms with van der Waals surface area (Å²) in [5.74, 6) is -0.0618. The van der Waals surface area contributed by atoms with E-state index in [9.17, 15) is 9.59 Å². The molecule has 0 aromatic carbocycles. The number of aryl methyl sites for hydroxylation is 4. The Balaban J connectivity index is 1.26. The number of thiophene rings is 2. The molecular formula is C21H24N6O2S2. The molecule has 4 heterocycles. The minimum Gasteiger partial charge on any atom is -0.350 e. The van der Waals surface area contributed by atoms with Crippen molar-refractivity contribution < 1.29 is 9.59 Å². The van der Waals surface area contributed by atoms with Gasteiger partial charge < -0.3 is 10.2 Å². The number of nitrogens with zero attached hydrogens (tertiary/aromatic N) is 5. The van der Waals surface area contributed by atoms with E-state index in [1.165, 1.54) is 22.7 Å². The predicted octanol–water partition coefficient (Wildman–Crippen LogP) is 3.23. The van der Waals surface area contributed by atoms with Crippen LogP contribution in [0.25, 0.3) is 20.4 Å². The van der Waals surface area contributed by atoms with E-state index in [4.69, 9.17) is 0 Å². The smallest absolute Gasteiger partial charge is 0.264 e. The van der Waals surface area contributed by atoms with Crippen LogP contribution < -0.4 is 5.32 Å². The Bertz CT molecular complexity index is 1250. The molecule has 10 heteroatoms. The number of carbonyl (C=O) groups is 2. The number of amides is 2. The highest BCUT2D eigenvalue weighted by molar-refractivity contribution is 7.20. The Kier molecular flexibility index (Phi) is 4.86. The van der Waals surface area contributed by atoms with E-state index in [1.54, 1.807) is 0 Å². The zero-order valence-corrected chi connectivity index (χ0v) is 19.6. The summed E-state index contributed by atoms with van der Waals surface area (Å²) in [5, 5.41) is 13.8. The van der Waals surface area contributed by atoms with Crippen molar-refractivity contribution in [1.29, 1.82) is 0 Å². The zero-order chi connectivity index (χ0) is 21.9. The van der Waals surface area contributed by atoms with Crippen LogP contribution in [0.5, 0.6) is 0 Å². The maximum absolute atomic E-state index is 13.2. The third-order valence-electron chi connectivity index (χ3n) is 5.71. The third-order valence-corrected chi connectivity index (χ3v) is 8.10. The van der Waals surface area contributed by atoms with Crippen molar-refractivity contribution in [2.75, 3.05) is 13.1 Å². The maximum atomic E-state index is 13.2. The first kappa shape index (κ1) is 20.2. The SMILES string of the molecule is Cc1nn(C)c2sc(C(=O)NCCN(C(=O)c3cc4c(C)nn(C)c4s3)C3CC3)cc12. The number of hydrogen-bond acceptors (Lipinski definition) is 6. The average molecular weight is 457 g/mol. The quantitative estimate of drug-likeness (QED) is 0.483. The van der Waals surface area contributed by atoms with Gasteiger partial charge in [0, 0.05) is 44.0 Å². The van der Waals surface area contributed by atoms with Gasteiger partial charge in [-0.1, -0.05) is 0 Å². The highest BCUT2D eigenvalue weighted by Gasteiger charge is 2.34. The highest BCUT2D eigenvalue weighted by atomic mass is 32.1. The van der Waals surface area contributed by atoms with Crippen LogP contribution in [0.1, 0.15) is 43.6 Å². The lowest BCUT2D eigenvalue weighted by Gasteiger charge is -2.21. The predicted molar refractivity (Wildman–Crippen MR) is 123 cm³/mol. The van der Waals surface area contributed by atoms with Crippen LogP contribution in [0.2, 0.25) is 0 Å².